The normalized spacial score (nSPS) is 11.6. The molecule has 0 aliphatic carbocycles. The number of ether oxygens (including phenoxy) is 2. The number of para-hydroxylation sites is 3. The van der Waals surface area contributed by atoms with Gasteiger partial charge in [0.2, 0.25) is 5.91 Å². The molecule has 0 saturated heterocycles. The molecule has 7 nitrogen and oxygen atoms in total. The molecule has 1 unspecified atom stereocenters. The van der Waals surface area contributed by atoms with Crippen molar-refractivity contribution in [1.29, 1.82) is 0 Å². The van der Waals surface area contributed by atoms with Crippen LogP contribution in [0.2, 0.25) is 5.02 Å². The van der Waals surface area contributed by atoms with Gasteiger partial charge in [-0.25, -0.2) is 0 Å². The number of hydrogen-bond donors (Lipinski definition) is 1. The SMILES string of the molecule is C=CCn1c(SCC(=O)Nc2ccccc2OC)nnc1C(C)Oc1ccccc1Cl. The van der Waals surface area contributed by atoms with E-state index in [2.05, 4.69) is 22.1 Å². The summed E-state index contributed by atoms with van der Waals surface area (Å²) < 4.78 is 13.1. The van der Waals surface area contributed by atoms with Crippen molar-refractivity contribution in [2.75, 3.05) is 18.2 Å². The van der Waals surface area contributed by atoms with Crippen molar-refractivity contribution in [1.82, 2.24) is 14.8 Å². The zero-order chi connectivity index (χ0) is 22.2. The molecule has 9 heteroatoms. The third-order valence-electron chi connectivity index (χ3n) is 4.27. The van der Waals surface area contributed by atoms with E-state index in [1.807, 2.05) is 35.8 Å². The van der Waals surface area contributed by atoms with Crippen molar-refractivity contribution in [3.8, 4) is 11.5 Å². The van der Waals surface area contributed by atoms with Crippen LogP contribution in [0.5, 0.6) is 11.5 Å². The molecule has 0 saturated carbocycles. The largest absolute Gasteiger partial charge is 0.495 e. The summed E-state index contributed by atoms with van der Waals surface area (Å²) in [5, 5.41) is 12.5. The Morgan fingerprint density at radius 2 is 1.94 bits per heavy atom. The summed E-state index contributed by atoms with van der Waals surface area (Å²) in [4.78, 5) is 12.4. The Balaban J connectivity index is 1.69. The molecule has 1 heterocycles. The van der Waals surface area contributed by atoms with Crippen molar-refractivity contribution in [2.45, 2.75) is 24.7 Å². The number of aromatic nitrogens is 3. The maximum atomic E-state index is 12.4. The molecule has 31 heavy (non-hydrogen) atoms. The quantitative estimate of drug-likeness (QED) is 0.340. The fourth-order valence-corrected chi connectivity index (χ4v) is 3.79. The Morgan fingerprint density at radius 1 is 1.23 bits per heavy atom. The third-order valence-corrected chi connectivity index (χ3v) is 5.55. The first-order valence-corrected chi connectivity index (χ1v) is 10.9. The van der Waals surface area contributed by atoms with Crippen LogP contribution in [0.4, 0.5) is 5.69 Å². The highest BCUT2D eigenvalue weighted by molar-refractivity contribution is 7.99. The summed E-state index contributed by atoms with van der Waals surface area (Å²) in [5.41, 5.74) is 0.616. The van der Waals surface area contributed by atoms with Crippen molar-refractivity contribution < 1.29 is 14.3 Å². The lowest BCUT2D eigenvalue weighted by Gasteiger charge is -2.16. The molecule has 0 bridgehead atoms. The van der Waals surface area contributed by atoms with Crippen LogP contribution in [0.3, 0.4) is 0 Å². The van der Waals surface area contributed by atoms with Gasteiger partial charge in [-0.3, -0.25) is 9.36 Å². The molecular formula is C22H23ClN4O3S. The van der Waals surface area contributed by atoms with E-state index in [9.17, 15) is 4.79 Å². The van der Waals surface area contributed by atoms with Gasteiger partial charge in [0.15, 0.2) is 17.1 Å². The van der Waals surface area contributed by atoms with Crippen molar-refractivity contribution >= 4 is 35.0 Å². The van der Waals surface area contributed by atoms with Crippen LogP contribution < -0.4 is 14.8 Å². The predicted octanol–water partition coefficient (Wildman–Crippen LogP) is 5.00. The van der Waals surface area contributed by atoms with Crippen LogP contribution >= 0.6 is 23.4 Å². The molecule has 3 aromatic rings. The van der Waals surface area contributed by atoms with E-state index in [-0.39, 0.29) is 11.7 Å². The van der Waals surface area contributed by atoms with Gasteiger partial charge < -0.3 is 14.8 Å². The Morgan fingerprint density at radius 3 is 2.65 bits per heavy atom. The minimum absolute atomic E-state index is 0.160. The average molecular weight is 459 g/mol. The van der Waals surface area contributed by atoms with Crippen LogP contribution in [0.1, 0.15) is 18.9 Å². The third kappa shape index (κ3) is 5.80. The van der Waals surface area contributed by atoms with E-state index in [1.54, 1.807) is 37.5 Å². The molecule has 0 spiro atoms. The maximum Gasteiger partial charge on any atom is 0.234 e. The topological polar surface area (TPSA) is 78.3 Å². The number of allylic oxidation sites excluding steroid dienone is 1. The number of thioether (sulfide) groups is 1. The van der Waals surface area contributed by atoms with E-state index in [0.717, 1.165) is 0 Å². The smallest absolute Gasteiger partial charge is 0.234 e. The summed E-state index contributed by atoms with van der Waals surface area (Å²) in [7, 11) is 1.56. The minimum Gasteiger partial charge on any atom is -0.495 e. The number of anilines is 1. The molecule has 1 atom stereocenters. The standard InChI is InChI=1S/C22H23ClN4O3S/c1-4-13-27-21(15(2)30-18-11-7-5-9-16(18)23)25-26-22(27)31-14-20(28)24-17-10-6-8-12-19(17)29-3/h4-12,15H,1,13-14H2,2-3H3,(H,24,28). The van der Waals surface area contributed by atoms with Gasteiger partial charge >= 0.3 is 0 Å². The zero-order valence-electron chi connectivity index (χ0n) is 17.2. The Hall–Kier alpha value is -2.97. The van der Waals surface area contributed by atoms with Gasteiger partial charge in [-0.05, 0) is 31.2 Å². The molecule has 2 aromatic carbocycles. The lowest BCUT2D eigenvalue weighted by Crippen LogP contribution is -2.16. The van der Waals surface area contributed by atoms with Crippen LogP contribution in [-0.2, 0) is 11.3 Å². The van der Waals surface area contributed by atoms with E-state index < -0.39 is 6.10 Å². The molecule has 0 fully saturated rings. The second kappa shape index (κ2) is 10.9. The van der Waals surface area contributed by atoms with Gasteiger partial charge in [0.25, 0.3) is 0 Å². The van der Waals surface area contributed by atoms with Crippen LogP contribution in [0.15, 0.2) is 66.3 Å². The van der Waals surface area contributed by atoms with Gasteiger partial charge in [0.05, 0.1) is 23.6 Å². The molecule has 1 aromatic heterocycles. The van der Waals surface area contributed by atoms with Gasteiger partial charge in [0.1, 0.15) is 11.5 Å². The first-order valence-electron chi connectivity index (χ1n) is 9.54. The molecule has 162 valence electrons. The summed E-state index contributed by atoms with van der Waals surface area (Å²) in [5.74, 6) is 1.77. The van der Waals surface area contributed by atoms with Crippen LogP contribution in [-0.4, -0.2) is 33.5 Å². The monoisotopic (exact) mass is 458 g/mol. The summed E-state index contributed by atoms with van der Waals surface area (Å²) in [6.45, 7) is 6.16. The molecule has 0 radical (unpaired) electrons. The van der Waals surface area contributed by atoms with Gasteiger partial charge in [-0.2, -0.15) is 0 Å². The van der Waals surface area contributed by atoms with Gasteiger partial charge in [0, 0.05) is 6.54 Å². The number of rotatable bonds is 10. The first kappa shape index (κ1) is 22.7. The number of hydrogen-bond acceptors (Lipinski definition) is 6. The molecular weight excluding hydrogens is 436 g/mol. The van der Waals surface area contributed by atoms with Crippen LogP contribution in [0, 0.1) is 0 Å². The fourth-order valence-electron chi connectivity index (χ4n) is 2.86. The number of nitrogens with zero attached hydrogens (tertiary/aromatic N) is 3. The number of carbonyl (C=O) groups excluding carboxylic acids is 1. The Kier molecular flexibility index (Phi) is 7.97. The summed E-state index contributed by atoms with van der Waals surface area (Å²) >= 11 is 7.48. The molecule has 1 N–H and O–H groups in total. The highest BCUT2D eigenvalue weighted by atomic mass is 35.5. The average Bonchev–Trinajstić information content (AvgIpc) is 3.17. The van der Waals surface area contributed by atoms with Crippen molar-refractivity contribution in [2.24, 2.45) is 0 Å². The van der Waals surface area contributed by atoms with E-state index in [1.165, 1.54) is 11.8 Å². The Labute approximate surface area is 190 Å². The zero-order valence-corrected chi connectivity index (χ0v) is 18.8. The minimum atomic E-state index is -0.399. The highest BCUT2D eigenvalue weighted by Crippen LogP contribution is 2.29. The first-order chi connectivity index (χ1) is 15.0. The number of methoxy groups -OCH3 is 1. The van der Waals surface area contributed by atoms with Gasteiger partial charge in [-0.1, -0.05) is 53.7 Å². The van der Waals surface area contributed by atoms with Crippen molar-refractivity contribution in [3.05, 3.63) is 72.0 Å². The fraction of sp³-hybridized carbons (Fsp3) is 0.227. The second-order valence-electron chi connectivity index (χ2n) is 6.47. The summed E-state index contributed by atoms with van der Waals surface area (Å²) in [6, 6.07) is 14.5. The van der Waals surface area contributed by atoms with E-state index in [0.29, 0.717) is 39.7 Å². The molecule has 3 rings (SSSR count). The Bertz CT molecular complexity index is 1060. The maximum absolute atomic E-state index is 12.4. The second-order valence-corrected chi connectivity index (χ2v) is 7.82. The van der Waals surface area contributed by atoms with Crippen LogP contribution in [0.25, 0.3) is 0 Å². The van der Waals surface area contributed by atoms with Crippen molar-refractivity contribution in [3.63, 3.8) is 0 Å². The molecule has 0 aliphatic rings. The summed E-state index contributed by atoms with van der Waals surface area (Å²) in [6.07, 6.45) is 1.35. The van der Waals surface area contributed by atoms with Gasteiger partial charge in [-0.15, -0.1) is 16.8 Å². The van der Waals surface area contributed by atoms with E-state index in [4.69, 9.17) is 21.1 Å². The lowest BCUT2D eigenvalue weighted by atomic mass is 10.3. The number of halogens is 1. The predicted molar refractivity (Wildman–Crippen MR) is 123 cm³/mol. The number of amides is 1. The van der Waals surface area contributed by atoms with E-state index >= 15 is 0 Å². The molecule has 0 aliphatic heterocycles. The number of benzene rings is 2. The number of nitrogens with one attached hydrogen (secondary N) is 1. The lowest BCUT2D eigenvalue weighted by molar-refractivity contribution is -0.113. The number of carbonyl (C=O) groups is 1. The highest BCUT2D eigenvalue weighted by Gasteiger charge is 2.20. The molecule has 1 amide bonds.